The topological polar surface area (TPSA) is 84.4 Å². The molecule has 9 heteroatoms. The van der Waals surface area contributed by atoms with Crippen LogP contribution in [0.2, 0.25) is 0 Å². The first-order valence-electron chi connectivity index (χ1n) is 10.3. The number of anilines is 2. The lowest BCUT2D eigenvalue weighted by molar-refractivity contribution is -0.117. The van der Waals surface area contributed by atoms with E-state index in [0.29, 0.717) is 29.4 Å². The van der Waals surface area contributed by atoms with Gasteiger partial charge in [-0.2, -0.15) is 0 Å². The molecule has 7 nitrogen and oxygen atoms in total. The van der Waals surface area contributed by atoms with Gasteiger partial charge in [0.2, 0.25) is 11.0 Å². The van der Waals surface area contributed by atoms with Gasteiger partial charge in [0, 0.05) is 29.5 Å². The van der Waals surface area contributed by atoms with Crippen molar-refractivity contribution >= 4 is 45.7 Å². The number of aromatic nitrogens is 2. The second-order valence-corrected chi connectivity index (χ2v) is 9.28. The van der Waals surface area contributed by atoms with Crippen LogP contribution in [0.1, 0.15) is 40.2 Å². The van der Waals surface area contributed by atoms with Gasteiger partial charge in [0.15, 0.2) is 0 Å². The van der Waals surface area contributed by atoms with Gasteiger partial charge >= 0.3 is 0 Å². The molecule has 0 spiro atoms. The SMILES string of the molecule is CCc1ccc(N2C[C@@H](c3nnc(NC(=O)c4ccc(SC)cc4OC)s3)CC2=O)cc1. The summed E-state index contributed by atoms with van der Waals surface area (Å²) < 4.78 is 5.36. The van der Waals surface area contributed by atoms with Gasteiger partial charge in [0.1, 0.15) is 10.8 Å². The maximum Gasteiger partial charge on any atom is 0.261 e. The summed E-state index contributed by atoms with van der Waals surface area (Å²) in [6, 6.07) is 13.5. The summed E-state index contributed by atoms with van der Waals surface area (Å²) in [6.07, 6.45) is 3.30. The molecule has 1 aromatic heterocycles. The molecule has 1 atom stereocenters. The lowest BCUT2D eigenvalue weighted by Crippen LogP contribution is -2.24. The first-order chi connectivity index (χ1) is 15.5. The predicted octanol–water partition coefficient (Wildman–Crippen LogP) is 4.60. The molecular formula is C23H24N4O3S2. The highest BCUT2D eigenvalue weighted by Crippen LogP contribution is 2.35. The lowest BCUT2D eigenvalue weighted by atomic mass is 10.1. The number of aryl methyl sites for hydroxylation is 1. The highest BCUT2D eigenvalue weighted by Gasteiger charge is 2.34. The van der Waals surface area contributed by atoms with Gasteiger partial charge in [-0.1, -0.05) is 30.4 Å². The van der Waals surface area contributed by atoms with Crippen molar-refractivity contribution < 1.29 is 14.3 Å². The van der Waals surface area contributed by atoms with Gasteiger partial charge < -0.3 is 9.64 Å². The molecule has 1 aliphatic rings. The molecule has 0 radical (unpaired) electrons. The maximum atomic E-state index is 12.7. The summed E-state index contributed by atoms with van der Waals surface area (Å²) in [5.74, 6) is 0.216. The van der Waals surface area contributed by atoms with Gasteiger partial charge in [0.25, 0.3) is 5.91 Å². The van der Waals surface area contributed by atoms with Crippen molar-refractivity contribution in [1.82, 2.24) is 10.2 Å². The zero-order valence-electron chi connectivity index (χ0n) is 18.1. The minimum atomic E-state index is -0.308. The average molecular weight is 469 g/mol. The second-order valence-electron chi connectivity index (χ2n) is 7.39. The molecule has 1 saturated heterocycles. The molecular weight excluding hydrogens is 444 g/mol. The molecule has 0 bridgehead atoms. The predicted molar refractivity (Wildman–Crippen MR) is 128 cm³/mol. The second kappa shape index (κ2) is 9.70. The fraction of sp³-hybridized carbons (Fsp3) is 0.304. The number of amides is 2. The van der Waals surface area contributed by atoms with Crippen molar-refractivity contribution in [3.05, 3.63) is 58.6 Å². The van der Waals surface area contributed by atoms with Crippen LogP contribution in [0.15, 0.2) is 47.4 Å². The van der Waals surface area contributed by atoms with Crippen molar-refractivity contribution in [3.63, 3.8) is 0 Å². The minimum absolute atomic E-state index is 0.0492. The molecule has 1 fully saturated rings. The van der Waals surface area contributed by atoms with E-state index in [9.17, 15) is 9.59 Å². The normalized spacial score (nSPS) is 15.8. The van der Waals surface area contributed by atoms with Crippen LogP contribution in [-0.4, -0.2) is 41.9 Å². The molecule has 2 aromatic carbocycles. The fourth-order valence-corrected chi connectivity index (χ4v) is 4.89. The van der Waals surface area contributed by atoms with E-state index < -0.39 is 0 Å². The Labute approximate surface area is 195 Å². The van der Waals surface area contributed by atoms with E-state index in [1.807, 2.05) is 30.5 Å². The lowest BCUT2D eigenvalue weighted by Gasteiger charge is -2.16. The first kappa shape index (κ1) is 22.3. The van der Waals surface area contributed by atoms with Crippen LogP contribution in [0.3, 0.4) is 0 Å². The quantitative estimate of drug-likeness (QED) is 0.510. The molecule has 1 N–H and O–H groups in total. The number of hydrogen-bond acceptors (Lipinski definition) is 7. The fourth-order valence-electron chi connectivity index (χ4n) is 3.63. The number of nitrogens with one attached hydrogen (secondary N) is 1. The Bertz CT molecular complexity index is 1130. The van der Waals surface area contributed by atoms with Crippen molar-refractivity contribution in [3.8, 4) is 5.75 Å². The number of carbonyl (C=O) groups is 2. The molecule has 0 saturated carbocycles. The number of nitrogens with zero attached hydrogens (tertiary/aromatic N) is 3. The van der Waals surface area contributed by atoms with E-state index >= 15 is 0 Å². The zero-order chi connectivity index (χ0) is 22.7. The van der Waals surface area contributed by atoms with Crippen LogP contribution in [0.25, 0.3) is 0 Å². The van der Waals surface area contributed by atoms with Crippen molar-refractivity contribution in [2.24, 2.45) is 0 Å². The van der Waals surface area contributed by atoms with Crippen molar-refractivity contribution in [2.75, 3.05) is 30.1 Å². The van der Waals surface area contributed by atoms with Gasteiger partial charge in [0.05, 0.1) is 12.7 Å². The number of ether oxygens (including phenoxy) is 1. The molecule has 2 heterocycles. The zero-order valence-corrected chi connectivity index (χ0v) is 19.8. The third-order valence-corrected chi connectivity index (χ3v) is 7.17. The van der Waals surface area contributed by atoms with E-state index in [1.54, 1.807) is 22.7 Å². The van der Waals surface area contributed by atoms with Gasteiger partial charge in [-0.3, -0.25) is 14.9 Å². The highest BCUT2D eigenvalue weighted by atomic mass is 32.2. The molecule has 3 aromatic rings. The number of hydrogen-bond donors (Lipinski definition) is 1. The summed E-state index contributed by atoms with van der Waals surface area (Å²) in [4.78, 5) is 28.2. The summed E-state index contributed by atoms with van der Waals surface area (Å²) in [6.45, 7) is 2.66. The number of thioether (sulfide) groups is 1. The van der Waals surface area contributed by atoms with Crippen LogP contribution in [0, 0.1) is 0 Å². The third kappa shape index (κ3) is 4.63. The number of benzene rings is 2. The summed E-state index contributed by atoms with van der Waals surface area (Å²) in [7, 11) is 1.54. The maximum absolute atomic E-state index is 12.7. The summed E-state index contributed by atoms with van der Waals surface area (Å²) >= 11 is 2.88. The molecule has 4 rings (SSSR count). The van der Waals surface area contributed by atoms with E-state index in [4.69, 9.17) is 4.74 Å². The molecule has 0 aliphatic carbocycles. The summed E-state index contributed by atoms with van der Waals surface area (Å²) in [5.41, 5.74) is 2.56. The molecule has 1 aliphatic heterocycles. The number of carbonyl (C=O) groups excluding carboxylic acids is 2. The largest absolute Gasteiger partial charge is 0.496 e. The van der Waals surface area contributed by atoms with Crippen LogP contribution in [0.5, 0.6) is 5.75 Å². The van der Waals surface area contributed by atoms with Gasteiger partial charge in [-0.15, -0.1) is 22.0 Å². The van der Waals surface area contributed by atoms with E-state index in [2.05, 4.69) is 34.6 Å². The van der Waals surface area contributed by atoms with E-state index in [-0.39, 0.29) is 17.7 Å². The molecule has 32 heavy (non-hydrogen) atoms. The average Bonchev–Trinajstić information content (AvgIpc) is 3.45. The molecule has 0 unspecified atom stereocenters. The minimum Gasteiger partial charge on any atom is -0.496 e. The van der Waals surface area contributed by atoms with Gasteiger partial charge in [-0.05, 0) is 48.6 Å². The third-order valence-electron chi connectivity index (χ3n) is 5.44. The Hall–Kier alpha value is -2.91. The Balaban J connectivity index is 1.45. The van der Waals surface area contributed by atoms with E-state index in [0.717, 1.165) is 22.0 Å². The number of rotatable bonds is 7. The van der Waals surface area contributed by atoms with Gasteiger partial charge in [-0.25, -0.2) is 0 Å². The van der Waals surface area contributed by atoms with Crippen molar-refractivity contribution in [2.45, 2.75) is 30.6 Å². The first-order valence-corrected chi connectivity index (χ1v) is 12.3. The number of methoxy groups -OCH3 is 1. The Kier molecular flexibility index (Phi) is 6.76. The van der Waals surface area contributed by atoms with Crippen LogP contribution >= 0.6 is 23.1 Å². The molecule has 166 valence electrons. The van der Waals surface area contributed by atoms with Crippen LogP contribution < -0.4 is 15.0 Å². The molecule has 2 amide bonds. The Morgan fingerprint density at radius 1 is 1.25 bits per heavy atom. The standard InChI is InChI=1S/C23H24N4O3S2/c1-4-14-5-7-16(8-6-14)27-13-15(11-20(27)28)22-25-26-23(32-22)24-21(29)18-10-9-17(31-3)12-19(18)30-2/h5-10,12,15H,4,11,13H2,1-3H3,(H,24,26,29)/t15-/m0/s1. The van der Waals surface area contributed by atoms with Crippen LogP contribution in [-0.2, 0) is 11.2 Å². The highest BCUT2D eigenvalue weighted by molar-refractivity contribution is 7.98. The monoisotopic (exact) mass is 468 g/mol. The van der Waals surface area contributed by atoms with Crippen molar-refractivity contribution in [1.29, 1.82) is 0 Å². The van der Waals surface area contributed by atoms with Crippen LogP contribution in [0.4, 0.5) is 10.8 Å². The van der Waals surface area contributed by atoms with E-state index in [1.165, 1.54) is 24.0 Å². The smallest absolute Gasteiger partial charge is 0.261 e. The Morgan fingerprint density at radius 3 is 2.72 bits per heavy atom. The Morgan fingerprint density at radius 2 is 2.03 bits per heavy atom. The summed E-state index contributed by atoms with van der Waals surface area (Å²) in [5, 5.41) is 12.3.